The standard InChI is InChI=1S/C27H31N3O/c31-27(26-12-5-8-21-7-1-2-11-25(21)26)22-9-6-16-30(19-22)24-13-17-29(18-14-24)20-23-10-3-4-15-28-23/h1-5,7-8,10-12,15,22,24H,6,9,13-14,16-20H2. The molecule has 31 heavy (non-hydrogen) atoms. The van der Waals surface area contributed by atoms with E-state index in [1.807, 2.05) is 36.5 Å². The highest BCUT2D eigenvalue weighted by Gasteiger charge is 2.32. The van der Waals surface area contributed by atoms with Crippen molar-refractivity contribution in [3.63, 3.8) is 0 Å². The van der Waals surface area contributed by atoms with Crippen LogP contribution in [0, 0.1) is 5.92 Å². The summed E-state index contributed by atoms with van der Waals surface area (Å²) in [5.41, 5.74) is 2.05. The summed E-state index contributed by atoms with van der Waals surface area (Å²) in [7, 11) is 0. The van der Waals surface area contributed by atoms with Gasteiger partial charge in [-0.2, -0.15) is 0 Å². The lowest BCUT2D eigenvalue weighted by atomic mass is 9.86. The molecule has 1 aromatic heterocycles. The molecule has 4 heteroatoms. The van der Waals surface area contributed by atoms with Gasteiger partial charge in [-0.15, -0.1) is 0 Å². The molecule has 0 saturated carbocycles. The minimum Gasteiger partial charge on any atom is -0.300 e. The van der Waals surface area contributed by atoms with Crippen LogP contribution < -0.4 is 0 Å². The van der Waals surface area contributed by atoms with Gasteiger partial charge in [-0.25, -0.2) is 0 Å². The zero-order chi connectivity index (χ0) is 21.0. The highest BCUT2D eigenvalue weighted by atomic mass is 16.1. The number of Topliss-reactive ketones (excluding diaryl/α,β-unsaturated/α-hetero) is 1. The fourth-order valence-corrected chi connectivity index (χ4v) is 5.38. The Kier molecular flexibility index (Phi) is 6.10. The first-order valence-electron chi connectivity index (χ1n) is 11.7. The third-order valence-corrected chi connectivity index (χ3v) is 7.06. The third-order valence-electron chi connectivity index (χ3n) is 7.06. The average Bonchev–Trinajstić information content (AvgIpc) is 2.84. The first kappa shape index (κ1) is 20.3. The number of carbonyl (C=O) groups is 1. The number of nitrogens with zero attached hydrogens (tertiary/aromatic N) is 3. The van der Waals surface area contributed by atoms with Gasteiger partial charge in [0.25, 0.3) is 0 Å². The summed E-state index contributed by atoms with van der Waals surface area (Å²) in [6.45, 7) is 5.20. The van der Waals surface area contributed by atoms with Crippen LogP contribution in [0.3, 0.4) is 0 Å². The van der Waals surface area contributed by atoms with Crippen LogP contribution in [0.1, 0.15) is 41.7 Å². The molecular weight excluding hydrogens is 382 g/mol. The van der Waals surface area contributed by atoms with Crippen LogP contribution in [0.5, 0.6) is 0 Å². The van der Waals surface area contributed by atoms with Crippen molar-refractivity contribution >= 4 is 16.6 Å². The van der Waals surface area contributed by atoms with E-state index in [4.69, 9.17) is 0 Å². The summed E-state index contributed by atoms with van der Waals surface area (Å²) in [5, 5.41) is 2.25. The van der Waals surface area contributed by atoms with E-state index in [-0.39, 0.29) is 5.92 Å². The fraction of sp³-hybridized carbons (Fsp3) is 0.407. The number of carbonyl (C=O) groups excluding carboxylic acids is 1. The summed E-state index contributed by atoms with van der Waals surface area (Å²) < 4.78 is 0. The van der Waals surface area contributed by atoms with Crippen molar-refractivity contribution in [2.24, 2.45) is 5.92 Å². The second-order valence-corrected chi connectivity index (χ2v) is 9.05. The summed E-state index contributed by atoms with van der Waals surface area (Å²) in [6, 6.07) is 21.1. The molecule has 2 aliphatic rings. The van der Waals surface area contributed by atoms with Gasteiger partial charge >= 0.3 is 0 Å². The second-order valence-electron chi connectivity index (χ2n) is 9.05. The summed E-state index contributed by atoms with van der Waals surface area (Å²) >= 11 is 0. The van der Waals surface area contributed by atoms with E-state index in [1.165, 1.54) is 12.8 Å². The molecule has 2 saturated heterocycles. The molecule has 0 bridgehead atoms. The lowest BCUT2D eigenvalue weighted by molar-refractivity contribution is 0.0584. The zero-order valence-electron chi connectivity index (χ0n) is 18.1. The van der Waals surface area contributed by atoms with E-state index in [9.17, 15) is 4.79 Å². The topological polar surface area (TPSA) is 36.4 Å². The molecule has 4 nitrogen and oxygen atoms in total. The van der Waals surface area contributed by atoms with Crippen molar-refractivity contribution in [2.45, 2.75) is 38.3 Å². The van der Waals surface area contributed by atoms with E-state index in [0.29, 0.717) is 11.8 Å². The number of benzene rings is 2. The third kappa shape index (κ3) is 4.56. The Morgan fingerprint density at radius 2 is 1.71 bits per heavy atom. The molecule has 0 amide bonds. The van der Waals surface area contributed by atoms with E-state index >= 15 is 0 Å². The molecule has 0 aliphatic carbocycles. The Morgan fingerprint density at radius 3 is 2.55 bits per heavy atom. The van der Waals surface area contributed by atoms with Gasteiger partial charge in [0.2, 0.25) is 0 Å². The van der Waals surface area contributed by atoms with Crippen molar-refractivity contribution in [1.29, 1.82) is 0 Å². The highest BCUT2D eigenvalue weighted by Crippen LogP contribution is 2.28. The number of fused-ring (bicyclic) bond motifs is 1. The average molecular weight is 414 g/mol. The number of rotatable bonds is 5. The lowest BCUT2D eigenvalue weighted by Gasteiger charge is -2.42. The van der Waals surface area contributed by atoms with E-state index in [2.05, 4.69) is 45.1 Å². The minimum absolute atomic E-state index is 0.117. The molecule has 160 valence electrons. The maximum atomic E-state index is 13.5. The van der Waals surface area contributed by atoms with Crippen LogP contribution in [-0.2, 0) is 6.54 Å². The van der Waals surface area contributed by atoms with Gasteiger partial charge in [0.1, 0.15) is 0 Å². The van der Waals surface area contributed by atoms with Crippen LogP contribution >= 0.6 is 0 Å². The van der Waals surface area contributed by atoms with Crippen LogP contribution in [-0.4, -0.2) is 52.8 Å². The molecule has 3 heterocycles. The summed E-state index contributed by atoms with van der Waals surface area (Å²) in [5.74, 6) is 0.445. The Balaban J connectivity index is 1.21. The van der Waals surface area contributed by atoms with Crippen molar-refractivity contribution < 1.29 is 4.79 Å². The van der Waals surface area contributed by atoms with Crippen molar-refractivity contribution in [3.05, 3.63) is 78.1 Å². The van der Waals surface area contributed by atoms with Gasteiger partial charge in [-0.1, -0.05) is 48.5 Å². The van der Waals surface area contributed by atoms with Crippen molar-refractivity contribution in [2.75, 3.05) is 26.2 Å². The molecule has 0 N–H and O–H groups in total. The first-order chi connectivity index (χ1) is 15.3. The predicted molar refractivity (Wildman–Crippen MR) is 125 cm³/mol. The van der Waals surface area contributed by atoms with Gasteiger partial charge in [0.05, 0.1) is 5.69 Å². The molecule has 1 unspecified atom stereocenters. The molecular formula is C27H31N3O. The zero-order valence-corrected chi connectivity index (χ0v) is 18.1. The van der Waals surface area contributed by atoms with Gasteiger partial charge in [-0.05, 0) is 55.1 Å². The first-order valence-corrected chi connectivity index (χ1v) is 11.7. The molecule has 2 aliphatic heterocycles. The van der Waals surface area contributed by atoms with Crippen LogP contribution in [0.25, 0.3) is 10.8 Å². The summed E-state index contributed by atoms with van der Waals surface area (Å²) in [6.07, 6.45) is 6.37. The van der Waals surface area contributed by atoms with E-state index in [1.54, 1.807) is 0 Å². The van der Waals surface area contributed by atoms with Gasteiger partial charge in [-0.3, -0.25) is 19.6 Å². The normalized spacial score (nSPS) is 21.4. The van der Waals surface area contributed by atoms with Gasteiger partial charge < -0.3 is 0 Å². The SMILES string of the molecule is O=C(c1cccc2ccccc12)C1CCCN(C2CCN(Cc3ccccn3)CC2)C1. The number of hydrogen-bond donors (Lipinski definition) is 0. The lowest BCUT2D eigenvalue weighted by Crippen LogP contribution is -2.49. The molecule has 2 aromatic carbocycles. The predicted octanol–water partition coefficient (Wildman–Crippen LogP) is 4.79. The monoisotopic (exact) mass is 413 g/mol. The van der Waals surface area contributed by atoms with Gasteiger partial charge in [0.15, 0.2) is 5.78 Å². The fourth-order valence-electron chi connectivity index (χ4n) is 5.38. The van der Waals surface area contributed by atoms with Crippen LogP contribution in [0.15, 0.2) is 66.9 Å². The Morgan fingerprint density at radius 1 is 0.903 bits per heavy atom. The maximum Gasteiger partial charge on any atom is 0.167 e. The molecule has 1 atom stereocenters. The Bertz CT molecular complexity index is 1020. The smallest absolute Gasteiger partial charge is 0.167 e. The van der Waals surface area contributed by atoms with Crippen LogP contribution in [0.2, 0.25) is 0 Å². The van der Waals surface area contributed by atoms with Gasteiger partial charge in [0, 0.05) is 49.9 Å². The number of hydrogen-bond acceptors (Lipinski definition) is 4. The number of ketones is 1. The number of aromatic nitrogens is 1. The second kappa shape index (κ2) is 9.29. The molecule has 5 rings (SSSR count). The molecule has 0 radical (unpaired) electrons. The maximum absolute atomic E-state index is 13.5. The van der Waals surface area contributed by atoms with Crippen molar-refractivity contribution in [1.82, 2.24) is 14.8 Å². The molecule has 2 fully saturated rings. The largest absolute Gasteiger partial charge is 0.300 e. The highest BCUT2D eigenvalue weighted by molar-refractivity contribution is 6.09. The van der Waals surface area contributed by atoms with Crippen LogP contribution in [0.4, 0.5) is 0 Å². The Labute approximate surface area is 184 Å². The van der Waals surface area contributed by atoms with Crippen molar-refractivity contribution in [3.8, 4) is 0 Å². The number of pyridine rings is 1. The van der Waals surface area contributed by atoms with E-state index < -0.39 is 0 Å². The quantitative estimate of drug-likeness (QED) is 0.563. The van der Waals surface area contributed by atoms with E-state index in [0.717, 1.165) is 67.6 Å². The Hall–Kier alpha value is -2.56. The number of piperidine rings is 2. The minimum atomic E-state index is 0.117. The number of likely N-dealkylation sites (tertiary alicyclic amines) is 2. The summed E-state index contributed by atoms with van der Waals surface area (Å²) in [4.78, 5) is 23.0. The molecule has 0 spiro atoms. The molecule has 3 aromatic rings.